The van der Waals surface area contributed by atoms with Crippen LogP contribution in [0.15, 0.2) is 12.1 Å². The van der Waals surface area contributed by atoms with Gasteiger partial charge in [0.15, 0.2) is 0 Å². The van der Waals surface area contributed by atoms with E-state index in [2.05, 4.69) is 10.4 Å². The second kappa shape index (κ2) is 6.27. The van der Waals surface area contributed by atoms with E-state index in [0.29, 0.717) is 6.42 Å². The summed E-state index contributed by atoms with van der Waals surface area (Å²) in [6.07, 6.45) is -3.98. The minimum Gasteiger partial charge on any atom is -0.477 e. The van der Waals surface area contributed by atoms with Gasteiger partial charge in [0.2, 0.25) is 5.88 Å². The molecular formula is C12H18F3N3O2. The van der Waals surface area contributed by atoms with Crippen molar-refractivity contribution in [2.75, 3.05) is 19.1 Å². The number of hydrogen-bond acceptors (Lipinski definition) is 5. The summed E-state index contributed by atoms with van der Waals surface area (Å²) in [4.78, 5) is 3.81. The van der Waals surface area contributed by atoms with E-state index in [1.807, 2.05) is 13.8 Å². The van der Waals surface area contributed by atoms with Gasteiger partial charge in [-0.3, -0.25) is 0 Å². The fraction of sp³-hybridized carbons (Fsp3) is 0.583. The van der Waals surface area contributed by atoms with Crippen LogP contribution >= 0.6 is 0 Å². The molecule has 0 spiro atoms. The molecule has 0 aliphatic carbocycles. The van der Waals surface area contributed by atoms with Crippen molar-refractivity contribution in [1.29, 1.82) is 0 Å². The number of anilines is 1. The molecule has 0 radical (unpaired) electrons. The molecule has 5 nitrogen and oxygen atoms in total. The summed E-state index contributed by atoms with van der Waals surface area (Å²) in [6, 6.07) is 1.65. The van der Waals surface area contributed by atoms with Crippen molar-refractivity contribution in [3.8, 4) is 5.88 Å². The Labute approximate surface area is 115 Å². The van der Waals surface area contributed by atoms with Gasteiger partial charge >= 0.3 is 6.18 Å². The molecule has 20 heavy (non-hydrogen) atoms. The van der Waals surface area contributed by atoms with E-state index in [1.54, 1.807) is 7.11 Å². The van der Waals surface area contributed by atoms with E-state index < -0.39 is 17.3 Å². The molecule has 1 heterocycles. The van der Waals surface area contributed by atoms with Gasteiger partial charge < -0.3 is 14.9 Å². The van der Waals surface area contributed by atoms with Crippen LogP contribution in [0.2, 0.25) is 0 Å². The van der Waals surface area contributed by atoms with Crippen LogP contribution in [0.4, 0.5) is 19.0 Å². The summed E-state index contributed by atoms with van der Waals surface area (Å²) in [5, 5.41) is 0. The molecule has 0 bridgehead atoms. The van der Waals surface area contributed by atoms with Crippen LogP contribution in [-0.2, 0) is 10.9 Å². The first-order valence-corrected chi connectivity index (χ1v) is 5.92. The molecule has 114 valence electrons. The summed E-state index contributed by atoms with van der Waals surface area (Å²) in [7, 11) is 1.55. The van der Waals surface area contributed by atoms with Crippen molar-refractivity contribution in [3.05, 3.63) is 17.7 Å². The Morgan fingerprint density at radius 1 is 1.30 bits per heavy atom. The highest BCUT2D eigenvalue weighted by atomic mass is 19.4. The lowest BCUT2D eigenvalue weighted by molar-refractivity contribution is -0.137. The van der Waals surface area contributed by atoms with Crippen LogP contribution in [0.5, 0.6) is 5.88 Å². The molecule has 0 fully saturated rings. The van der Waals surface area contributed by atoms with Crippen LogP contribution < -0.4 is 16.0 Å². The molecule has 0 aliphatic heterocycles. The third kappa shape index (κ3) is 4.86. The SMILES string of the molecule is COC(C)(C)CCOc1cc(C(F)(F)F)cc(NN)n1. The molecule has 0 aromatic carbocycles. The average Bonchev–Trinajstić information content (AvgIpc) is 2.37. The van der Waals surface area contributed by atoms with E-state index in [4.69, 9.17) is 15.3 Å². The van der Waals surface area contributed by atoms with Gasteiger partial charge in [0.05, 0.1) is 17.8 Å². The molecule has 0 aliphatic rings. The lowest BCUT2D eigenvalue weighted by Crippen LogP contribution is -2.25. The van der Waals surface area contributed by atoms with Crippen molar-refractivity contribution < 1.29 is 22.6 Å². The number of hydrazine groups is 1. The Morgan fingerprint density at radius 3 is 2.45 bits per heavy atom. The molecule has 8 heteroatoms. The summed E-state index contributed by atoms with van der Waals surface area (Å²) < 4.78 is 48.5. The Bertz CT molecular complexity index is 450. The molecular weight excluding hydrogens is 275 g/mol. The molecule has 0 atom stereocenters. The van der Waals surface area contributed by atoms with Crippen LogP contribution in [0, 0.1) is 0 Å². The third-order valence-corrected chi connectivity index (χ3v) is 2.78. The maximum absolute atomic E-state index is 12.7. The number of hydrogen-bond donors (Lipinski definition) is 2. The predicted molar refractivity (Wildman–Crippen MR) is 68.2 cm³/mol. The van der Waals surface area contributed by atoms with Crippen LogP contribution in [-0.4, -0.2) is 24.3 Å². The Kier molecular flexibility index (Phi) is 5.18. The Balaban J connectivity index is 2.80. The minimum atomic E-state index is -4.49. The van der Waals surface area contributed by atoms with Gasteiger partial charge in [0.25, 0.3) is 0 Å². The Hall–Kier alpha value is -1.54. The third-order valence-electron chi connectivity index (χ3n) is 2.78. The number of alkyl halides is 3. The number of nitrogens with one attached hydrogen (secondary N) is 1. The molecule has 0 saturated carbocycles. The second-order valence-electron chi connectivity index (χ2n) is 4.78. The molecule has 1 aromatic heterocycles. The normalized spacial score (nSPS) is 12.3. The number of pyridine rings is 1. The standard InChI is InChI=1S/C12H18F3N3O2/c1-11(2,19-3)4-5-20-10-7-8(12(13,14)15)6-9(17-10)18-16/h6-7H,4-5,16H2,1-3H3,(H,17,18). The lowest BCUT2D eigenvalue weighted by Gasteiger charge is -2.22. The van der Waals surface area contributed by atoms with Crippen LogP contribution in [0.25, 0.3) is 0 Å². The maximum atomic E-state index is 12.7. The minimum absolute atomic E-state index is 0.110. The predicted octanol–water partition coefficient (Wildman–Crippen LogP) is 2.58. The number of aromatic nitrogens is 1. The van der Waals surface area contributed by atoms with Gasteiger partial charge in [-0.15, -0.1) is 0 Å². The number of nitrogens with zero attached hydrogens (tertiary/aromatic N) is 1. The summed E-state index contributed by atoms with van der Waals surface area (Å²) in [5.41, 5.74) is 0.788. The molecule has 0 unspecified atom stereocenters. The van der Waals surface area contributed by atoms with Crippen molar-refractivity contribution in [1.82, 2.24) is 4.98 Å². The number of ether oxygens (including phenoxy) is 2. The molecule has 3 N–H and O–H groups in total. The highest BCUT2D eigenvalue weighted by Gasteiger charge is 2.32. The van der Waals surface area contributed by atoms with Crippen LogP contribution in [0.3, 0.4) is 0 Å². The molecule has 1 rings (SSSR count). The highest BCUT2D eigenvalue weighted by molar-refractivity contribution is 5.41. The number of rotatable bonds is 6. The zero-order valence-electron chi connectivity index (χ0n) is 11.5. The fourth-order valence-corrected chi connectivity index (χ4v) is 1.32. The van der Waals surface area contributed by atoms with E-state index in [0.717, 1.165) is 12.1 Å². The quantitative estimate of drug-likeness (QED) is 0.623. The average molecular weight is 293 g/mol. The first-order valence-electron chi connectivity index (χ1n) is 5.92. The monoisotopic (exact) mass is 293 g/mol. The summed E-state index contributed by atoms with van der Waals surface area (Å²) in [6.45, 7) is 3.88. The Morgan fingerprint density at radius 2 is 1.95 bits per heavy atom. The first-order chi connectivity index (χ1) is 9.18. The number of nitrogens with two attached hydrogens (primary N) is 1. The van der Waals surface area contributed by atoms with E-state index in [1.165, 1.54) is 0 Å². The summed E-state index contributed by atoms with van der Waals surface area (Å²) in [5.74, 6) is 4.85. The second-order valence-corrected chi connectivity index (χ2v) is 4.78. The van der Waals surface area contributed by atoms with Gasteiger partial charge in [-0.25, -0.2) is 5.84 Å². The maximum Gasteiger partial charge on any atom is 0.416 e. The van der Waals surface area contributed by atoms with Crippen molar-refractivity contribution in [2.45, 2.75) is 32.0 Å². The highest BCUT2D eigenvalue weighted by Crippen LogP contribution is 2.32. The van der Waals surface area contributed by atoms with Crippen molar-refractivity contribution in [2.24, 2.45) is 5.84 Å². The first kappa shape index (κ1) is 16.5. The summed E-state index contributed by atoms with van der Waals surface area (Å²) >= 11 is 0. The molecule has 0 amide bonds. The number of halogens is 3. The molecule has 1 aromatic rings. The van der Waals surface area contributed by atoms with Gasteiger partial charge in [-0.05, 0) is 19.9 Å². The zero-order valence-corrected chi connectivity index (χ0v) is 11.5. The zero-order chi connectivity index (χ0) is 15.4. The van der Waals surface area contributed by atoms with Crippen LogP contribution in [0.1, 0.15) is 25.8 Å². The number of nitrogen functional groups attached to an aromatic ring is 1. The van der Waals surface area contributed by atoms with Gasteiger partial charge in [-0.1, -0.05) is 0 Å². The topological polar surface area (TPSA) is 69.4 Å². The van der Waals surface area contributed by atoms with E-state index >= 15 is 0 Å². The largest absolute Gasteiger partial charge is 0.477 e. The van der Waals surface area contributed by atoms with Crippen molar-refractivity contribution >= 4 is 5.82 Å². The van der Waals surface area contributed by atoms with Gasteiger partial charge in [0, 0.05) is 19.6 Å². The smallest absolute Gasteiger partial charge is 0.416 e. The van der Waals surface area contributed by atoms with E-state index in [9.17, 15) is 13.2 Å². The fourth-order valence-electron chi connectivity index (χ4n) is 1.32. The van der Waals surface area contributed by atoms with Gasteiger partial charge in [0.1, 0.15) is 5.82 Å². The van der Waals surface area contributed by atoms with Gasteiger partial charge in [-0.2, -0.15) is 18.2 Å². The van der Waals surface area contributed by atoms with Crippen molar-refractivity contribution in [3.63, 3.8) is 0 Å². The number of methoxy groups -OCH3 is 1. The molecule has 0 saturated heterocycles. The van der Waals surface area contributed by atoms with E-state index in [-0.39, 0.29) is 18.3 Å². The lowest BCUT2D eigenvalue weighted by atomic mass is 10.1.